The van der Waals surface area contributed by atoms with Gasteiger partial charge in [0.1, 0.15) is 11.6 Å². The highest BCUT2D eigenvalue weighted by molar-refractivity contribution is 6.00. The van der Waals surface area contributed by atoms with Crippen LogP contribution < -0.4 is 5.32 Å². The van der Waals surface area contributed by atoms with E-state index in [1.165, 1.54) is 0 Å². The fourth-order valence-electron chi connectivity index (χ4n) is 1.52. The van der Waals surface area contributed by atoms with Gasteiger partial charge in [0, 0.05) is 12.1 Å². The number of H-pyrrole nitrogens is 1. The summed E-state index contributed by atoms with van der Waals surface area (Å²) in [7, 11) is 0. The number of aromatic amines is 1. The summed E-state index contributed by atoms with van der Waals surface area (Å²) in [4.78, 5) is 19.9. The van der Waals surface area contributed by atoms with Crippen LogP contribution in [0.4, 0.5) is 5.82 Å². The molecule has 1 saturated carbocycles. The van der Waals surface area contributed by atoms with Crippen LogP contribution in [0.25, 0.3) is 0 Å². The minimum atomic E-state index is -0.341. The quantitative estimate of drug-likeness (QED) is 0.831. The van der Waals surface area contributed by atoms with E-state index < -0.39 is 0 Å². The van der Waals surface area contributed by atoms with Crippen molar-refractivity contribution >= 4 is 11.7 Å². The fourth-order valence-corrected chi connectivity index (χ4v) is 1.52. The minimum Gasteiger partial charge on any atom is -0.304 e. The van der Waals surface area contributed by atoms with Crippen molar-refractivity contribution in [2.45, 2.75) is 18.8 Å². The van der Waals surface area contributed by atoms with Crippen LogP contribution in [0.5, 0.6) is 0 Å². The molecule has 0 bridgehead atoms. The van der Waals surface area contributed by atoms with E-state index >= 15 is 0 Å². The first kappa shape index (κ1) is 9.95. The summed E-state index contributed by atoms with van der Waals surface area (Å²) in [6, 6.07) is 5.30. The van der Waals surface area contributed by atoms with E-state index in [-0.39, 0.29) is 11.7 Å². The van der Waals surface area contributed by atoms with E-state index in [1.807, 2.05) is 0 Å². The third-order valence-corrected chi connectivity index (χ3v) is 2.58. The van der Waals surface area contributed by atoms with E-state index in [0.717, 1.165) is 18.7 Å². The van der Waals surface area contributed by atoms with Gasteiger partial charge in [-0.05, 0) is 25.0 Å². The Morgan fingerprint density at radius 3 is 3.00 bits per heavy atom. The van der Waals surface area contributed by atoms with Crippen LogP contribution in [0.3, 0.4) is 0 Å². The van der Waals surface area contributed by atoms with Gasteiger partial charge in [-0.25, -0.2) is 9.97 Å². The molecule has 2 heterocycles. The van der Waals surface area contributed by atoms with Crippen molar-refractivity contribution in [1.29, 1.82) is 0 Å². The lowest BCUT2D eigenvalue weighted by Crippen LogP contribution is -2.14. The molecule has 3 rings (SSSR count). The Labute approximate surface area is 97.5 Å². The molecule has 0 saturated heterocycles. The number of aromatic nitrogens is 4. The molecule has 1 fully saturated rings. The Hall–Kier alpha value is -2.24. The van der Waals surface area contributed by atoms with Gasteiger partial charge < -0.3 is 5.32 Å². The van der Waals surface area contributed by atoms with Gasteiger partial charge in [0.2, 0.25) is 5.82 Å². The molecule has 0 radical (unpaired) electrons. The van der Waals surface area contributed by atoms with Crippen molar-refractivity contribution in [1.82, 2.24) is 20.2 Å². The van der Waals surface area contributed by atoms with Crippen LogP contribution in [0.1, 0.15) is 35.2 Å². The molecule has 1 aliphatic rings. The fraction of sp³-hybridized carbons (Fsp3) is 0.273. The maximum absolute atomic E-state index is 11.8. The lowest BCUT2D eigenvalue weighted by molar-refractivity contribution is 0.101. The first-order chi connectivity index (χ1) is 8.33. The second-order valence-corrected chi connectivity index (χ2v) is 3.99. The summed E-state index contributed by atoms with van der Waals surface area (Å²) in [5.41, 5.74) is 0. The molecule has 1 aliphatic carbocycles. The number of carbonyl (C=O) groups is 1. The molecule has 86 valence electrons. The van der Waals surface area contributed by atoms with Gasteiger partial charge in [-0.3, -0.25) is 9.89 Å². The van der Waals surface area contributed by atoms with Crippen molar-refractivity contribution in [3.05, 3.63) is 36.0 Å². The Balaban J connectivity index is 1.72. The molecule has 2 N–H and O–H groups in total. The molecular weight excluding hydrogens is 218 g/mol. The van der Waals surface area contributed by atoms with Crippen molar-refractivity contribution in [2.24, 2.45) is 0 Å². The molecule has 2 aromatic rings. The number of rotatable bonds is 3. The summed E-state index contributed by atoms with van der Waals surface area (Å²) in [6.45, 7) is 0. The van der Waals surface area contributed by atoms with E-state index in [1.54, 1.807) is 24.4 Å². The molecular formula is C11H11N5O. The zero-order valence-electron chi connectivity index (χ0n) is 9.05. The molecule has 0 aromatic carbocycles. The molecule has 0 atom stereocenters. The molecule has 0 spiro atoms. The molecule has 2 aromatic heterocycles. The van der Waals surface area contributed by atoms with Crippen molar-refractivity contribution in [3.8, 4) is 0 Å². The Morgan fingerprint density at radius 2 is 2.29 bits per heavy atom. The van der Waals surface area contributed by atoms with Crippen LogP contribution in [0.15, 0.2) is 24.4 Å². The zero-order valence-corrected chi connectivity index (χ0v) is 9.05. The normalized spacial score (nSPS) is 14.6. The van der Waals surface area contributed by atoms with E-state index in [4.69, 9.17) is 0 Å². The summed E-state index contributed by atoms with van der Waals surface area (Å²) in [5.74, 6) is 1.58. The number of nitrogens with one attached hydrogen (secondary N) is 2. The maximum Gasteiger partial charge on any atom is 0.296 e. The maximum atomic E-state index is 11.8. The van der Waals surface area contributed by atoms with Crippen LogP contribution in [-0.4, -0.2) is 26.1 Å². The second kappa shape index (κ2) is 3.97. The smallest absolute Gasteiger partial charge is 0.296 e. The molecule has 1 amide bonds. The molecule has 0 aliphatic heterocycles. The van der Waals surface area contributed by atoms with Crippen LogP contribution in [0, 0.1) is 0 Å². The molecule has 6 nitrogen and oxygen atoms in total. The van der Waals surface area contributed by atoms with Gasteiger partial charge >= 0.3 is 0 Å². The predicted octanol–water partition coefficient (Wildman–Crippen LogP) is 1.33. The SMILES string of the molecule is O=C(Nc1ccccn1)c1n[nH]c(C2CC2)n1. The van der Waals surface area contributed by atoms with Crippen LogP contribution in [-0.2, 0) is 0 Å². The minimum absolute atomic E-state index is 0.164. The molecule has 6 heteroatoms. The van der Waals surface area contributed by atoms with Gasteiger partial charge in [-0.2, -0.15) is 0 Å². The van der Waals surface area contributed by atoms with E-state index in [0.29, 0.717) is 11.7 Å². The highest BCUT2D eigenvalue weighted by Crippen LogP contribution is 2.37. The summed E-state index contributed by atoms with van der Waals surface area (Å²) in [5, 5.41) is 9.33. The van der Waals surface area contributed by atoms with Gasteiger partial charge in [0.15, 0.2) is 0 Å². The predicted molar refractivity (Wildman–Crippen MR) is 60.5 cm³/mol. The Morgan fingerprint density at radius 1 is 1.41 bits per heavy atom. The number of nitrogens with zero attached hydrogens (tertiary/aromatic N) is 3. The highest BCUT2D eigenvalue weighted by Gasteiger charge is 2.28. The van der Waals surface area contributed by atoms with E-state index in [2.05, 4.69) is 25.5 Å². The average Bonchev–Trinajstić information content (AvgIpc) is 3.08. The average molecular weight is 229 g/mol. The number of pyridine rings is 1. The lowest BCUT2D eigenvalue weighted by atomic mass is 10.4. The first-order valence-corrected chi connectivity index (χ1v) is 5.47. The third-order valence-electron chi connectivity index (χ3n) is 2.58. The number of hydrogen-bond donors (Lipinski definition) is 2. The topological polar surface area (TPSA) is 83.6 Å². The standard InChI is InChI=1S/C11H11N5O/c17-11(13-8-3-1-2-6-12-8)10-14-9(15-16-10)7-4-5-7/h1-3,6-7H,4-5H2,(H,12,13,17)(H,14,15,16). The summed E-state index contributed by atoms with van der Waals surface area (Å²) < 4.78 is 0. The van der Waals surface area contributed by atoms with E-state index in [9.17, 15) is 4.79 Å². The highest BCUT2D eigenvalue weighted by atomic mass is 16.2. The zero-order chi connectivity index (χ0) is 11.7. The monoisotopic (exact) mass is 229 g/mol. The number of amides is 1. The van der Waals surface area contributed by atoms with Crippen LogP contribution >= 0.6 is 0 Å². The number of hydrogen-bond acceptors (Lipinski definition) is 4. The van der Waals surface area contributed by atoms with Crippen LogP contribution in [0.2, 0.25) is 0 Å². The van der Waals surface area contributed by atoms with Crippen molar-refractivity contribution < 1.29 is 4.79 Å². The second-order valence-electron chi connectivity index (χ2n) is 3.99. The Kier molecular flexibility index (Phi) is 2.32. The first-order valence-electron chi connectivity index (χ1n) is 5.47. The van der Waals surface area contributed by atoms with Gasteiger partial charge in [-0.15, -0.1) is 5.10 Å². The number of anilines is 1. The largest absolute Gasteiger partial charge is 0.304 e. The Bertz CT molecular complexity index is 532. The van der Waals surface area contributed by atoms with Crippen molar-refractivity contribution in [3.63, 3.8) is 0 Å². The van der Waals surface area contributed by atoms with Crippen molar-refractivity contribution in [2.75, 3.05) is 5.32 Å². The van der Waals surface area contributed by atoms with Gasteiger partial charge in [0.05, 0.1) is 0 Å². The lowest BCUT2D eigenvalue weighted by Gasteiger charge is -1.99. The summed E-state index contributed by atoms with van der Waals surface area (Å²) in [6.07, 6.45) is 3.86. The molecule has 17 heavy (non-hydrogen) atoms. The number of carbonyl (C=O) groups excluding carboxylic acids is 1. The van der Waals surface area contributed by atoms with Gasteiger partial charge in [0.25, 0.3) is 5.91 Å². The molecule has 0 unspecified atom stereocenters. The third kappa shape index (κ3) is 2.15. The summed E-state index contributed by atoms with van der Waals surface area (Å²) >= 11 is 0. The van der Waals surface area contributed by atoms with Gasteiger partial charge in [-0.1, -0.05) is 6.07 Å².